The summed E-state index contributed by atoms with van der Waals surface area (Å²) in [5.41, 5.74) is 0.793. The second-order valence-electron chi connectivity index (χ2n) is 7.08. The Hall–Kier alpha value is -2.21. The highest BCUT2D eigenvalue weighted by Gasteiger charge is 2.30. The van der Waals surface area contributed by atoms with Crippen LogP contribution in [0.4, 0.5) is 0 Å². The number of thiophene rings is 1. The zero-order valence-electron chi connectivity index (χ0n) is 16.2. The summed E-state index contributed by atoms with van der Waals surface area (Å²) in [5, 5.41) is 19.5. The van der Waals surface area contributed by atoms with E-state index in [2.05, 4.69) is 20.1 Å². The zero-order valence-corrected chi connectivity index (χ0v) is 18.6. The van der Waals surface area contributed by atoms with Crippen LogP contribution >= 0.6 is 23.1 Å². The molecule has 0 saturated heterocycles. The van der Waals surface area contributed by atoms with Crippen molar-refractivity contribution in [2.24, 2.45) is 5.14 Å². The molecule has 0 spiro atoms. The Morgan fingerprint density at radius 2 is 2.03 bits per heavy atom. The standard InChI is InChI=1S/C19H21N5O3S3/c1-12(13-4-8-15(9-5-13)30(20,26)27)21-17(25)11-29-19-23-22-18(16-3-2-10-28-16)24(19)14-6-7-14/h2-5,8-10,12,14H,6-7,11H2,1H3,(H,21,25)(H2,20,26,27). The van der Waals surface area contributed by atoms with Crippen molar-refractivity contribution in [3.05, 3.63) is 47.3 Å². The van der Waals surface area contributed by atoms with Crippen molar-refractivity contribution < 1.29 is 13.2 Å². The number of benzene rings is 1. The van der Waals surface area contributed by atoms with Crippen molar-refractivity contribution in [2.45, 2.75) is 41.9 Å². The van der Waals surface area contributed by atoms with Crippen LogP contribution in [0.15, 0.2) is 51.8 Å². The maximum atomic E-state index is 12.5. The predicted octanol–water partition coefficient (Wildman–Crippen LogP) is 2.96. The normalized spacial score (nSPS) is 15.1. The first-order valence-electron chi connectivity index (χ1n) is 9.36. The molecule has 3 aromatic rings. The minimum atomic E-state index is -3.73. The molecular formula is C19H21N5O3S3. The molecule has 1 unspecified atom stereocenters. The number of hydrogen-bond donors (Lipinski definition) is 2. The van der Waals surface area contributed by atoms with Crippen LogP contribution in [0.5, 0.6) is 0 Å². The number of nitrogens with two attached hydrogens (primary N) is 1. The second kappa shape index (κ2) is 8.50. The fourth-order valence-corrected chi connectivity index (χ4v) is 5.09. The molecule has 1 fully saturated rings. The lowest BCUT2D eigenvalue weighted by atomic mass is 10.1. The highest BCUT2D eigenvalue weighted by Crippen LogP contribution is 2.41. The van der Waals surface area contributed by atoms with Crippen LogP contribution in [0.3, 0.4) is 0 Å². The molecule has 30 heavy (non-hydrogen) atoms. The van der Waals surface area contributed by atoms with Gasteiger partial charge in [0.05, 0.1) is 21.6 Å². The molecule has 158 valence electrons. The molecule has 0 radical (unpaired) electrons. The number of nitrogens with zero attached hydrogens (tertiary/aromatic N) is 3. The van der Waals surface area contributed by atoms with E-state index in [9.17, 15) is 13.2 Å². The van der Waals surface area contributed by atoms with Crippen LogP contribution in [0.25, 0.3) is 10.7 Å². The highest BCUT2D eigenvalue weighted by molar-refractivity contribution is 7.99. The van der Waals surface area contributed by atoms with Crippen molar-refractivity contribution >= 4 is 39.0 Å². The summed E-state index contributed by atoms with van der Waals surface area (Å²) < 4.78 is 24.9. The summed E-state index contributed by atoms with van der Waals surface area (Å²) in [6, 6.07) is 10.3. The van der Waals surface area contributed by atoms with E-state index < -0.39 is 10.0 Å². The molecule has 1 saturated carbocycles. The van der Waals surface area contributed by atoms with Gasteiger partial charge in [-0.2, -0.15) is 0 Å². The molecule has 4 rings (SSSR count). The van der Waals surface area contributed by atoms with Gasteiger partial charge in [-0.15, -0.1) is 21.5 Å². The SMILES string of the molecule is CC(NC(=O)CSc1nnc(-c2cccs2)n1C1CC1)c1ccc(S(N)(=O)=O)cc1. The summed E-state index contributed by atoms with van der Waals surface area (Å²) in [4.78, 5) is 13.6. The van der Waals surface area contributed by atoms with E-state index in [0.29, 0.717) is 6.04 Å². The predicted molar refractivity (Wildman–Crippen MR) is 117 cm³/mol. The Morgan fingerprint density at radius 1 is 1.30 bits per heavy atom. The quantitative estimate of drug-likeness (QED) is 0.496. The van der Waals surface area contributed by atoms with Gasteiger partial charge in [-0.1, -0.05) is 30.0 Å². The Kier molecular flexibility index (Phi) is 5.96. The van der Waals surface area contributed by atoms with E-state index >= 15 is 0 Å². The molecule has 3 N–H and O–H groups in total. The smallest absolute Gasteiger partial charge is 0.238 e. The fraction of sp³-hybridized carbons (Fsp3) is 0.316. The third kappa shape index (κ3) is 4.75. The van der Waals surface area contributed by atoms with Crippen LogP contribution in [-0.2, 0) is 14.8 Å². The summed E-state index contributed by atoms with van der Waals surface area (Å²) >= 11 is 2.99. The van der Waals surface area contributed by atoms with Gasteiger partial charge < -0.3 is 5.32 Å². The first-order valence-corrected chi connectivity index (χ1v) is 12.8. The number of rotatable bonds is 8. The maximum Gasteiger partial charge on any atom is 0.238 e. The van der Waals surface area contributed by atoms with Crippen LogP contribution in [-0.4, -0.2) is 34.8 Å². The van der Waals surface area contributed by atoms with Gasteiger partial charge in [0.25, 0.3) is 0 Å². The molecule has 8 nitrogen and oxygen atoms in total. The Bertz CT molecular complexity index is 1140. The van der Waals surface area contributed by atoms with Gasteiger partial charge in [0.15, 0.2) is 11.0 Å². The zero-order chi connectivity index (χ0) is 21.3. The van der Waals surface area contributed by atoms with E-state index in [0.717, 1.165) is 34.3 Å². The van der Waals surface area contributed by atoms with Crippen molar-refractivity contribution in [2.75, 3.05) is 5.75 Å². The number of thioether (sulfide) groups is 1. The first kappa shape index (κ1) is 21.0. The number of nitrogens with one attached hydrogen (secondary N) is 1. The second-order valence-corrected chi connectivity index (χ2v) is 10.5. The number of carbonyl (C=O) groups is 1. The van der Waals surface area contributed by atoms with Crippen LogP contribution in [0, 0.1) is 0 Å². The number of carbonyl (C=O) groups excluding carboxylic acids is 1. The third-order valence-corrected chi connectivity index (χ3v) is 7.47. The molecule has 1 aliphatic rings. The van der Waals surface area contributed by atoms with Gasteiger partial charge in [0, 0.05) is 6.04 Å². The molecule has 1 aliphatic carbocycles. The van der Waals surface area contributed by atoms with E-state index in [1.807, 2.05) is 24.4 Å². The molecule has 1 aromatic carbocycles. The minimum absolute atomic E-state index is 0.0429. The summed E-state index contributed by atoms with van der Waals surface area (Å²) in [5.74, 6) is 0.944. The molecule has 1 amide bonds. The highest BCUT2D eigenvalue weighted by atomic mass is 32.2. The largest absolute Gasteiger partial charge is 0.349 e. The van der Waals surface area contributed by atoms with Crippen molar-refractivity contribution in [3.63, 3.8) is 0 Å². The number of hydrogen-bond acceptors (Lipinski definition) is 7. The number of primary sulfonamides is 1. The third-order valence-electron chi connectivity index (χ3n) is 4.74. The van der Waals surface area contributed by atoms with Crippen LogP contribution in [0.2, 0.25) is 0 Å². The van der Waals surface area contributed by atoms with E-state index in [1.165, 1.54) is 23.9 Å². The van der Waals surface area contributed by atoms with Crippen molar-refractivity contribution in [1.82, 2.24) is 20.1 Å². The van der Waals surface area contributed by atoms with Gasteiger partial charge in [0.1, 0.15) is 0 Å². The summed E-state index contributed by atoms with van der Waals surface area (Å²) in [6.07, 6.45) is 2.20. The molecular weight excluding hydrogens is 442 g/mol. The molecule has 0 bridgehead atoms. The minimum Gasteiger partial charge on any atom is -0.349 e. The Morgan fingerprint density at radius 3 is 2.63 bits per heavy atom. The number of amides is 1. The fourth-order valence-electron chi connectivity index (χ4n) is 3.05. The molecule has 2 aromatic heterocycles. The van der Waals surface area contributed by atoms with Gasteiger partial charge >= 0.3 is 0 Å². The lowest BCUT2D eigenvalue weighted by Crippen LogP contribution is -2.28. The monoisotopic (exact) mass is 463 g/mol. The van der Waals surface area contributed by atoms with Gasteiger partial charge in [-0.25, -0.2) is 13.6 Å². The van der Waals surface area contributed by atoms with E-state index in [-0.39, 0.29) is 22.6 Å². The Balaban J connectivity index is 1.38. The lowest BCUT2D eigenvalue weighted by molar-refractivity contribution is -0.119. The lowest BCUT2D eigenvalue weighted by Gasteiger charge is -2.15. The average Bonchev–Trinajstić information content (AvgIpc) is 3.23. The van der Waals surface area contributed by atoms with Crippen molar-refractivity contribution in [1.29, 1.82) is 0 Å². The maximum absolute atomic E-state index is 12.5. The molecule has 11 heteroatoms. The number of sulfonamides is 1. The average molecular weight is 464 g/mol. The molecule has 0 aliphatic heterocycles. The molecule has 2 heterocycles. The van der Waals surface area contributed by atoms with Crippen LogP contribution < -0.4 is 10.5 Å². The Labute approximate surface area is 182 Å². The van der Waals surface area contributed by atoms with Crippen LogP contribution in [0.1, 0.15) is 37.4 Å². The van der Waals surface area contributed by atoms with E-state index in [1.54, 1.807) is 23.5 Å². The van der Waals surface area contributed by atoms with Gasteiger partial charge in [0.2, 0.25) is 15.9 Å². The van der Waals surface area contributed by atoms with Gasteiger partial charge in [-0.05, 0) is 48.9 Å². The summed E-state index contributed by atoms with van der Waals surface area (Å²) in [7, 11) is -3.73. The molecule has 1 atom stereocenters. The first-order chi connectivity index (χ1) is 14.3. The topological polar surface area (TPSA) is 120 Å². The summed E-state index contributed by atoms with van der Waals surface area (Å²) in [6.45, 7) is 1.84. The van der Waals surface area contributed by atoms with Gasteiger partial charge in [-0.3, -0.25) is 9.36 Å². The number of aromatic nitrogens is 3. The van der Waals surface area contributed by atoms with Crippen molar-refractivity contribution in [3.8, 4) is 10.7 Å². The van der Waals surface area contributed by atoms with E-state index in [4.69, 9.17) is 5.14 Å².